The lowest BCUT2D eigenvalue weighted by molar-refractivity contribution is -0.123. The fourth-order valence-electron chi connectivity index (χ4n) is 3.48. The second-order valence-corrected chi connectivity index (χ2v) is 7.76. The van der Waals surface area contributed by atoms with Crippen LogP contribution < -0.4 is 5.73 Å². The van der Waals surface area contributed by atoms with Crippen LogP contribution in [0.2, 0.25) is 0 Å². The van der Waals surface area contributed by atoms with Gasteiger partial charge in [0, 0.05) is 11.5 Å². The minimum absolute atomic E-state index is 0.133. The molecule has 0 aliphatic carbocycles. The second kappa shape index (κ2) is 7.11. The molecule has 1 aromatic heterocycles. The highest BCUT2D eigenvalue weighted by molar-refractivity contribution is 5.76. The molecule has 2 heterocycles. The molecule has 2 aromatic rings. The zero-order valence-corrected chi connectivity index (χ0v) is 15.4. The number of primary amides is 1. The van der Waals surface area contributed by atoms with E-state index in [9.17, 15) is 9.18 Å². The number of carbonyl (C=O) groups excluding carboxylic acids is 1. The Hall–Kier alpha value is -2.35. The van der Waals surface area contributed by atoms with Gasteiger partial charge in [0.1, 0.15) is 11.9 Å². The summed E-state index contributed by atoms with van der Waals surface area (Å²) >= 11 is 0. The molecule has 1 aliphatic heterocycles. The van der Waals surface area contributed by atoms with E-state index >= 15 is 0 Å². The van der Waals surface area contributed by atoms with E-state index in [4.69, 9.17) is 5.73 Å². The van der Waals surface area contributed by atoms with Crippen LogP contribution >= 0.6 is 0 Å². The fourth-order valence-corrected chi connectivity index (χ4v) is 3.48. The third kappa shape index (κ3) is 3.60. The number of carbonyl (C=O) groups is 1. The van der Waals surface area contributed by atoms with Crippen molar-refractivity contribution in [2.24, 2.45) is 11.7 Å². The minimum atomic E-state index is -0.417. The molecule has 1 saturated heterocycles. The lowest BCUT2D eigenvalue weighted by Gasteiger charge is -2.37. The molecule has 0 saturated carbocycles. The SMILES string of the molecule is CC(C)(C)n1nnnc1[C@H](c1ccccc1F)N1CCC(C(N)=O)CC1. The molecular formula is C18H25FN6O. The number of tetrazole rings is 1. The first-order valence-electron chi connectivity index (χ1n) is 8.85. The van der Waals surface area contributed by atoms with E-state index in [-0.39, 0.29) is 23.2 Å². The number of halogens is 1. The van der Waals surface area contributed by atoms with Gasteiger partial charge >= 0.3 is 0 Å². The Morgan fingerprint density at radius 2 is 1.92 bits per heavy atom. The van der Waals surface area contributed by atoms with E-state index in [2.05, 4.69) is 20.4 Å². The van der Waals surface area contributed by atoms with Gasteiger partial charge in [-0.1, -0.05) is 18.2 Å². The quantitative estimate of drug-likeness (QED) is 0.899. The maximum atomic E-state index is 14.6. The Bertz CT molecular complexity index is 776. The Kier molecular flexibility index (Phi) is 5.04. The van der Waals surface area contributed by atoms with Crippen LogP contribution in [0.1, 0.15) is 51.0 Å². The van der Waals surface area contributed by atoms with Gasteiger partial charge in [0.05, 0.1) is 5.54 Å². The van der Waals surface area contributed by atoms with Crippen molar-refractivity contribution in [2.75, 3.05) is 13.1 Å². The van der Waals surface area contributed by atoms with Crippen LogP contribution in [0.3, 0.4) is 0 Å². The summed E-state index contributed by atoms with van der Waals surface area (Å²) in [5.41, 5.74) is 5.64. The molecule has 26 heavy (non-hydrogen) atoms. The molecular weight excluding hydrogens is 335 g/mol. The van der Waals surface area contributed by atoms with Crippen LogP contribution in [0.25, 0.3) is 0 Å². The Balaban J connectivity index is 2.01. The number of likely N-dealkylation sites (tertiary alicyclic amines) is 1. The lowest BCUT2D eigenvalue weighted by atomic mass is 9.93. The molecule has 1 fully saturated rings. The first-order valence-corrected chi connectivity index (χ1v) is 8.85. The zero-order chi connectivity index (χ0) is 18.9. The monoisotopic (exact) mass is 360 g/mol. The molecule has 0 radical (unpaired) electrons. The molecule has 1 aliphatic rings. The van der Waals surface area contributed by atoms with Gasteiger partial charge in [0.25, 0.3) is 0 Å². The van der Waals surface area contributed by atoms with E-state index in [1.165, 1.54) is 6.07 Å². The van der Waals surface area contributed by atoms with Gasteiger partial charge in [-0.2, -0.15) is 0 Å². The lowest BCUT2D eigenvalue weighted by Crippen LogP contribution is -2.42. The van der Waals surface area contributed by atoms with Crippen molar-refractivity contribution in [3.63, 3.8) is 0 Å². The smallest absolute Gasteiger partial charge is 0.220 e. The molecule has 3 rings (SSSR count). The summed E-state index contributed by atoms with van der Waals surface area (Å²) in [7, 11) is 0. The van der Waals surface area contributed by atoms with E-state index in [1.807, 2.05) is 26.8 Å². The number of amides is 1. The van der Waals surface area contributed by atoms with Crippen LogP contribution in [0.5, 0.6) is 0 Å². The number of nitrogens with two attached hydrogens (primary N) is 1. The number of rotatable bonds is 4. The molecule has 0 bridgehead atoms. The van der Waals surface area contributed by atoms with E-state index in [0.29, 0.717) is 37.3 Å². The summed E-state index contributed by atoms with van der Waals surface area (Å²) in [5.74, 6) is -0.101. The van der Waals surface area contributed by atoms with Crippen molar-refractivity contribution < 1.29 is 9.18 Å². The van der Waals surface area contributed by atoms with E-state index < -0.39 is 6.04 Å². The number of aromatic nitrogens is 4. The van der Waals surface area contributed by atoms with Crippen LogP contribution in [-0.4, -0.2) is 44.1 Å². The normalized spacial score (nSPS) is 18.0. The summed E-state index contributed by atoms with van der Waals surface area (Å²) in [6.45, 7) is 7.27. The molecule has 1 amide bonds. The summed E-state index contributed by atoms with van der Waals surface area (Å²) in [6.07, 6.45) is 1.30. The van der Waals surface area contributed by atoms with Gasteiger partial charge in [-0.15, -0.1) is 5.10 Å². The zero-order valence-electron chi connectivity index (χ0n) is 15.4. The van der Waals surface area contributed by atoms with Gasteiger partial charge < -0.3 is 5.73 Å². The first-order chi connectivity index (χ1) is 12.3. The number of piperidine rings is 1. The third-order valence-electron chi connectivity index (χ3n) is 4.87. The summed E-state index contributed by atoms with van der Waals surface area (Å²) in [6, 6.07) is 6.28. The van der Waals surface area contributed by atoms with Crippen LogP contribution in [0, 0.1) is 11.7 Å². The Labute approximate surface area is 152 Å². The average Bonchev–Trinajstić information content (AvgIpc) is 3.07. The summed E-state index contributed by atoms with van der Waals surface area (Å²) in [4.78, 5) is 13.6. The maximum absolute atomic E-state index is 14.6. The highest BCUT2D eigenvalue weighted by Gasteiger charge is 2.35. The molecule has 0 spiro atoms. The van der Waals surface area contributed by atoms with E-state index in [0.717, 1.165) is 0 Å². The highest BCUT2D eigenvalue weighted by atomic mass is 19.1. The maximum Gasteiger partial charge on any atom is 0.220 e. The molecule has 1 atom stereocenters. The number of hydrogen-bond donors (Lipinski definition) is 1. The van der Waals surface area contributed by atoms with Gasteiger partial charge in [-0.3, -0.25) is 9.69 Å². The predicted molar refractivity (Wildman–Crippen MR) is 94.5 cm³/mol. The molecule has 2 N–H and O–H groups in total. The van der Waals surface area contributed by atoms with Crippen LogP contribution in [0.4, 0.5) is 4.39 Å². The van der Waals surface area contributed by atoms with Gasteiger partial charge in [-0.25, -0.2) is 9.07 Å². The van der Waals surface area contributed by atoms with Gasteiger partial charge in [0.15, 0.2) is 5.82 Å². The number of nitrogens with zero attached hydrogens (tertiary/aromatic N) is 5. The summed E-state index contributed by atoms with van der Waals surface area (Å²) < 4.78 is 16.4. The Morgan fingerprint density at radius 3 is 2.50 bits per heavy atom. The molecule has 8 heteroatoms. The Morgan fingerprint density at radius 1 is 1.27 bits per heavy atom. The standard InChI is InChI=1S/C18H25FN6O/c1-18(2,3)25-17(21-22-23-25)15(13-6-4-5-7-14(13)19)24-10-8-12(9-11-24)16(20)26/h4-7,12,15H,8-11H2,1-3H3,(H2,20,26)/t15-/m0/s1. The fraction of sp³-hybridized carbons (Fsp3) is 0.556. The van der Waals surface area contributed by atoms with Gasteiger partial charge in [0.2, 0.25) is 5.91 Å². The van der Waals surface area contributed by atoms with Crippen molar-refractivity contribution in [2.45, 2.75) is 45.2 Å². The van der Waals surface area contributed by atoms with E-state index in [1.54, 1.807) is 16.8 Å². The van der Waals surface area contributed by atoms with Crippen LogP contribution in [0.15, 0.2) is 24.3 Å². The van der Waals surface area contributed by atoms with Gasteiger partial charge in [-0.05, 0) is 63.2 Å². The third-order valence-corrected chi connectivity index (χ3v) is 4.87. The average molecular weight is 360 g/mol. The van der Waals surface area contributed by atoms with Crippen LogP contribution in [-0.2, 0) is 10.3 Å². The summed E-state index contributed by atoms with van der Waals surface area (Å²) in [5, 5.41) is 12.2. The van der Waals surface area contributed by atoms with Crippen molar-refractivity contribution in [1.82, 2.24) is 25.1 Å². The highest BCUT2D eigenvalue weighted by Crippen LogP contribution is 2.34. The minimum Gasteiger partial charge on any atom is -0.369 e. The molecule has 7 nitrogen and oxygen atoms in total. The van der Waals surface area contributed by atoms with Crippen molar-refractivity contribution in [1.29, 1.82) is 0 Å². The topological polar surface area (TPSA) is 89.9 Å². The molecule has 140 valence electrons. The molecule has 0 unspecified atom stereocenters. The number of hydrogen-bond acceptors (Lipinski definition) is 5. The molecule has 1 aromatic carbocycles. The number of benzene rings is 1. The predicted octanol–water partition coefficient (Wildman–Crippen LogP) is 1.85. The van der Waals surface area contributed by atoms with Crippen molar-refractivity contribution in [3.05, 3.63) is 41.5 Å². The second-order valence-electron chi connectivity index (χ2n) is 7.76. The van der Waals surface area contributed by atoms with Crippen molar-refractivity contribution >= 4 is 5.91 Å². The first kappa shape index (κ1) is 18.4. The largest absolute Gasteiger partial charge is 0.369 e. The van der Waals surface area contributed by atoms with Crippen molar-refractivity contribution in [3.8, 4) is 0 Å².